The molecule has 0 heterocycles. The number of carbonyl (C=O) groups excluding carboxylic acids is 2. The van der Waals surface area contributed by atoms with Crippen LogP contribution in [0.3, 0.4) is 0 Å². The normalized spacial score (nSPS) is 11.3. The second-order valence-corrected chi connectivity index (χ2v) is 8.96. The van der Waals surface area contributed by atoms with E-state index in [4.69, 9.17) is 14.2 Å². The van der Waals surface area contributed by atoms with Crippen LogP contribution in [-0.4, -0.2) is 59.0 Å². The summed E-state index contributed by atoms with van der Waals surface area (Å²) in [7, 11) is 0.473. The molecule has 0 fully saturated rings. The van der Waals surface area contributed by atoms with E-state index in [1.807, 2.05) is 0 Å². The average molecular weight is 475 g/mol. The summed E-state index contributed by atoms with van der Waals surface area (Å²) in [5, 5.41) is 2.50. The van der Waals surface area contributed by atoms with Crippen LogP contribution in [0, 0.1) is 0 Å². The number of ether oxygens (including phenoxy) is 3. The zero-order valence-electron chi connectivity index (χ0n) is 18.6. The molecule has 33 heavy (non-hydrogen) atoms. The number of esters is 1. The molecule has 2 aromatic carbocycles. The number of anilines is 1. The Morgan fingerprint density at radius 1 is 1.12 bits per heavy atom. The minimum Gasteiger partial charge on any atom is -0.495 e. The third-order valence-corrected chi connectivity index (χ3v) is 6.04. The standard InChI is InChI=1S/C23H26N2O7S/c1-5-14-31-18-9-6-17(7-10-18)8-13-23(27)32-16-22(26)24-20-15-19(11-12-21(20)30-4)33(28,29)25(2)3/h5-13,15H,1,14,16H2,2-4H3,(H,24,26)/b13-8+. The van der Waals surface area contributed by atoms with Gasteiger partial charge in [-0.3, -0.25) is 4.79 Å². The number of rotatable bonds is 11. The monoisotopic (exact) mass is 474 g/mol. The van der Waals surface area contributed by atoms with Crippen molar-refractivity contribution >= 4 is 33.7 Å². The van der Waals surface area contributed by atoms with Gasteiger partial charge in [0.1, 0.15) is 18.1 Å². The molecule has 9 nitrogen and oxygen atoms in total. The van der Waals surface area contributed by atoms with Gasteiger partial charge in [-0.2, -0.15) is 0 Å². The fourth-order valence-corrected chi connectivity index (χ4v) is 3.45. The van der Waals surface area contributed by atoms with Crippen LogP contribution in [-0.2, 0) is 24.3 Å². The number of sulfonamides is 1. The van der Waals surface area contributed by atoms with E-state index in [-0.39, 0.29) is 16.3 Å². The molecule has 176 valence electrons. The Morgan fingerprint density at radius 3 is 2.42 bits per heavy atom. The molecule has 1 N–H and O–H groups in total. The first-order chi connectivity index (χ1) is 15.7. The van der Waals surface area contributed by atoms with Gasteiger partial charge in [-0.25, -0.2) is 17.5 Å². The molecule has 0 aliphatic carbocycles. The Labute approximate surface area is 193 Å². The molecular weight excluding hydrogens is 448 g/mol. The predicted molar refractivity (Wildman–Crippen MR) is 125 cm³/mol. The molecule has 10 heteroatoms. The van der Waals surface area contributed by atoms with E-state index < -0.39 is 28.5 Å². The zero-order valence-corrected chi connectivity index (χ0v) is 19.4. The van der Waals surface area contributed by atoms with Gasteiger partial charge in [-0.05, 0) is 42.0 Å². The molecule has 0 aromatic heterocycles. The summed E-state index contributed by atoms with van der Waals surface area (Å²) in [6.07, 6.45) is 4.37. The van der Waals surface area contributed by atoms with Crippen molar-refractivity contribution in [3.05, 3.63) is 66.8 Å². The van der Waals surface area contributed by atoms with Gasteiger partial charge in [0.25, 0.3) is 5.91 Å². The number of benzene rings is 2. The summed E-state index contributed by atoms with van der Waals surface area (Å²) in [6.45, 7) is 3.41. The number of methoxy groups -OCH3 is 1. The highest BCUT2D eigenvalue weighted by Gasteiger charge is 2.20. The lowest BCUT2D eigenvalue weighted by atomic mass is 10.2. The number of nitrogens with one attached hydrogen (secondary N) is 1. The molecule has 0 unspecified atom stereocenters. The van der Waals surface area contributed by atoms with Gasteiger partial charge < -0.3 is 19.5 Å². The Balaban J connectivity index is 1.96. The van der Waals surface area contributed by atoms with Gasteiger partial charge in [0.15, 0.2) is 6.61 Å². The van der Waals surface area contributed by atoms with Crippen molar-refractivity contribution in [2.45, 2.75) is 4.90 Å². The third kappa shape index (κ3) is 7.48. The van der Waals surface area contributed by atoms with Crippen LogP contribution in [0.5, 0.6) is 11.5 Å². The number of hydrogen-bond donors (Lipinski definition) is 1. The lowest BCUT2D eigenvalue weighted by Crippen LogP contribution is -2.23. The minimum atomic E-state index is -3.71. The molecule has 0 bridgehead atoms. The van der Waals surface area contributed by atoms with Crippen molar-refractivity contribution in [3.8, 4) is 11.5 Å². The lowest BCUT2D eigenvalue weighted by Gasteiger charge is -2.15. The fourth-order valence-electron chi connectivity index (χ4n) is 2.52. The summed E-state index contributed by atoms with van der Waals surface area (Å²) >= 11 is 0. The van der Waals surface area contributed by atoms with Crippen molar-refractivity contribution in [2.75, 3.05) is 39.7 Å². The smallest absolute Gasteiger partial charge is 0.331 e. The van der Waals surface area contributed by atoms with Gasteiger partial charge in [0.2, 0.25) is 10.0 Å². The molecule has 2 rings (SSSR count). The predicted octanol–water partition coefficient (Wildman–Crippen LogP) is 2.71. The highest BCUT2D eigenvalue weighted by Crippen LogP contribution is 2.28. The van der Waals surface area contributed by atoms with Gasteiger partial charge in [-0.1, -0.05) is 24.8 Å². The summed E-state index contributed by atoms with van der Waals surface area (Å²) in [4.78, 5) is 24.1. The largest absolute Gasteiger partial charge is 0.495 e. The molecule has 0 aliphatic rings. The molecule has 0 radical (unpaired) electrons. The minimum absolute atomic E-state index is 0.0237. The summed E-state index contributed by atoms with van der Waals surface area (Å²) < 4.78 is 41.2. The first-order valence-electron chi connectivity index (χ1n) is 9.76. The SMILES string of the molecule is C=CCOc1ccc(/C=C/C(=O)OCC(=O)Nc2cc(S(=O)(=O)N(C)C)ccc2OC)cc1. The van der Waals surface area contributed by atoms with Gasteiger partial charge in [0, 0.05) is 20.2 Å². The average Bonchev–Trinajstić information content (AvgIpc) is 2.80. The van der Waals surface area contributed by atoms with Crippen LogP contribution < -0.4 is 14.8 Å². The third-order valence-electron chi connectivity index (χ3n) is 4.23. The fraction of sp³-hybridized carbons (Fsp3) is 0.217. The molecule has 0 aliphatic heterocycles. The quantitative estimate of drug-likeness (QED) is 0.303. The Kier molecular flexibility index (Phi) is 9.19. The number of nitrogens with zero attached hydrogens (tertiary/aromatic N) is 1. The van der Waals surface area contributed by atoms with Gasteiger partial charge in [-0.15, -0.1) is 0 Å². The van der Waals surface area contributed by atoms with E-state index >= 15 is 0 Å². The van der Waals surface area contributed by atoms with Crippen LogP contribution in [0.1, 0.15) is 5.56 Å². The van der Waals surface area contributed by atoms with Crippen molar-refractivity contribution in [1.82, 2.24) is 4.31 Å². The summed E-state index contributed by atoms with van der Waals surface area (Å²) in [5.41, 5.74) is 0.877. The van der Waals surface area contributed by atoms with Crippen molar-refractivity contribution in [1.29, 1.82) is 0 Å². The first kappa shape index (κ1) is 25.6. The van der Waals surface area contributed by atoms with E-state index in [1.165, 1.54) is 51.6 Å². The number of carbonyl (C=O) groups is 2. The van der Waals surface area contributed by atoms with Crippen molar-refractivity contribution < 1.29 is 32.2 Å². The second-order valence-electron chi connectivity index (χ2n) is 6.81. The van der Waals surface area contributed by atoms with Crippen LogP contribution in [0.25, 0.3) is 6.08 Å². The Morgan fingerprint density at radius 2 is 1.82 bits per heavy atom. The molecule has 0 atom stereocenters. The van der Waals surface area contributed by atoms with Crippen LogP contribution in [0.15, 0.2) is 66.1 Å². The molecule has 1 amide bonds. The lowest BCUT2D eigenvalue weighted by molar-refractivity contribution is -0.142. The highest BCUT2D eigenvalue weighted by atomic mass is 32.2. The number of hydrogen-bond acceptors (Lipinski definition) is 7. The molecule has 0 spiro atoms. The molecular formula is C23H26N2O7S. The van der Waals surface area contributed by atoms with E-state index in [2.05, 4.69) is 11.9 Å². The topological polar surface area (TPSA) is 111 Å². The van der Waals surface area contributed by atoms with E-state index in [9.17, 15) is 18.0 Å². The summed E-state index contributed by atoms with van der Waals surface area (Å²) in [5.74, 6) is -0.442. The Hall–Kier alpha value is -3.63. The van der Waals surface area contributed by atoms with E-state index in [1.54, 1.807) is 30.3 Å². The maximum atomic E-state index is 12.3. The first-order valence-corrected chi connectivity index (χ1v) is 11.2. The Bertz CT molecular complexity index is 1120. The molecule has 2 aromatic rings. The molecule has 0 saturated carbocycles. The second kappa shape index (κ2) is 11.8. The summed E-state index contributed by atoms with van der Waals surface area (Å²) in [6, 6.07) is 11.1. The molecule has 0 saturated heterocycles. The van der Waals surface area contributed by atoms with Crippen LogP contribution in [0.4, 0.5) is 5.69 Å². The highest BCUT2D eigenvalue weighted by molar-refractivity contribution is 7.89. The van der Waals surface area contributed by atoms with E-state index in [0.29, 0.717) is 12.4 Å². The van der Waals surface area contributed by atoms with Crippen LogP contribution in [0.2, 0.25) is 0 Å². The maximum absolute atomic E-state index is 12.3. The van der Waals surface area contributed by atoms with Crippen LogP contribution >= 0.6 is 0 Å². The van der Waals surface area contributed by atoms with Crippen molar-refractivity contribution in [2.24, 2.45) is 0 Å². The van der Waals surface area contributed by atoms with Gasteiger partial charge >= 0.3 is 5.97 Å². The number of amides is 1. The zero-order chi connectivity index (χ0) is 24.4. The van der Waals surface area contributed by atoms with E-state index in [0.717, 1.165) is 9.87 Å². The van der Waals surface area contributed by atoms with Crippen molar-refractivity contribution in [3.63, 3.8) is 0 Å². The van der Waals surface area contributed by atoms with Gasteiger partial charge in [0.05, 0.1) is 17.7 Å². The maximum Gasteiger partial charge on any atom is 0.331 e.